The zero-order valence-corrected chi connectivity index (χ0v) is 13.3. The highest BCUT2D eigenvalue weighted by Gasteiger charge is 2.09. The number of aryl methyl sites for hydroxylation is 1. The normalized spacial score (nSPS) is 10.3. The van der Waals surface area contributed by atoms with Gasteiger partial charge in [0.2, 0.25) is 0 Å². The highest BCUT2D eigenvalue weighted by Crippen LogP contribution is 2.08. The molecule has 5 heteroatoms. The van der Waals surface area contributed by atoms with Crippen molar-refractivity contribution in [1.82, 2.24) is 15.3 Å². The Morgan fingerprint density at radius 1 is 1.18 bits per heavy atom. The first-order chi connectivity index (χ1) is 10.6. The lowest BCUT2D eigenvalue weighted by Crippen LogP contribution is -2.26. The Morgan fingerprint density at radius 3 is 2.55 bits per heavy atom. The predicted octanol–water partition coefficient (Wildman–Crippen LogP) is 2.56. The zero-order valence-electron chi connectivity index (χ0n) is 13.3. The van der Waals surface area contributed by atoms with Gasteiger partial charge >= 0.3 is 0 Å². The number of carbonyl (C=O) groups is 1. The molecular weight excluding hydrogens is 276 g/mol. The fourth-order valence-corrected chi connectivity index (χ4v) is 2.24. The second-order valence-electron chi connectivity index (χ2n) is 5.10. The van der Waals surface area contributed by atoms with Crippen LogP contribution in [0.25, 0.3) is 0 Å². The minimum Gasteiger partial charge on any atom is -0.356 e. The number of aromatic nitrogens is 2. The number of nitrogens with one attached hydrogen (secondary N) is 1. The van der Waals surface area contributed by atoms with Crippen LogP contribution in [-0.2, 0) is 6.54 Å². The number of carbonyl (C=O) groups excluding carboxylic acids is 1. The molecule has 0 saturated carbocycles. The summed E-state index contributed by atoms with van der Waals surface area (Å²) in [6, 6.07) is 8.05. The van der Waals surface area contributed by atoms with Gasteiger partial charge in [0.1, 0.15) is 11.5 Å². The largest absolute Gasteiger partial charge is 0.356 e. The molecule has 2 aromatic rings. The van der Waals surface area contributed by atoms with Gasteiger partial charge < -0.3 is 10.2 Å². The van der Waals surface area contributed by atoms with Gasteiger partial charge in [0, 0.05) is 19.6 Å². The Morgan fingerprint density at radius 2 is 1.95 bits per heavy atom. The van der Waals surface area contributed by atoms with E-state index >= 15 is 0 Å². The van der Waals surface area contributed by atoms with E-state index in [4.69, 9.17) is 0 Å². The molecule has 1 heterocycles. The molecule has 22 heavy (non-hydrogen) atoms. The van der Waals surface area contributed by atoms with Crippen LogP contribution in [0.1, 0.15) is 35.5 Å². The van der Waals surface area contributed by atoms with Crippen LogP contribution in [0.4, 0.5) is 5.82 Å². The summed E-state index contributed by atoms with van der Waals surface area (Å²) >= 11 is 0. The highest BCUT2D eigenvalue weighted by atomic mass is 16.1. The summed E-state index contributed by atoms with van der Waals surface area (Å²) in [6.07, 6.45) is 3.17. The Balaban J connectivity index is 1.98. The first-order valence-corrected chi connectivity index (χ1v) is 7.54. The minimum absolute atomic E-state index is 0.208. The van der Waals surface area contributed by atoms with Gasteiger partial charge in [-0.3, -0.25) is 4.79 Å². The molecular formula is C17H22N4O. The second-order valence-corrected chi connectivity index (χ2v) is 5.10. The Hall–Kier alpha value is -2.43. The van der Waals surface area contributed by atoms with Crippen LogP contribution in [0.5, 0.6) is 0 Å². The zero-order chi connectivity index (χ0) is 15.9. The van der Waals surface area contributed by atoms with E-state index in [1.807, 2.05) is 25.1 Å². The molecule has 0 atom stereocenters. The molecule has 0 aliphatic rings. The standard InChI is InChI=1S/C17H22N4O/c1-4-21(5-2)16-12-18-15(11-19-16)17(22)20-10-14-8-6-7-13(3)9-14/h6-9,11-12H,4-5,10H2,1-3H3,(H,20,22). The summed E-state index contributed by atoms with van der Waals surface area (Å²) < 4.78 is 0. The number of rotatable bonds is 6. The van der Waals surface area contributed by atoms with Crippen molar-refractivity contribution < 1.29 is 4.79 Å². The Labute approximate surface area is 131 Å². The van der Waals surface area contributed by atoms with Gasteiger partial charge in [-0.05, 0) is 26.3 Å². The van der Waals surface area contributed by atoms with E-state index in [1.165, 1.54) is 11.8 Å². The van der Waals surface area contributed by atoms with Crippen molar-refractivity contribution in [2.75, 3.05) is 18.0 Å². The van der Waals surface area contributed by atoms with Crippen LogP contribution in [-0.4, -0.2) is 29.0 Å². The SMILES string of the molecule is CCN(CC)c1cnc(C(=O)NCc2cccc(C)c2)cn1. The van der Waals surface area contributed by atoms with E-state index in [1.54, 1.807) is 6.20 Å². The van der Waals surface area contributed by atoms with E-state index in [2.05, 4.69) is 40.1 Å². The average Bonchev–Trinajstić information content (AvgIpc) is 2.54. The van der Waals surface area contributed by atoms with Crippen LogP contribution < -0.4 is 10.2 Å². The minimum atomic E-state index is -0.208. The number of hydrogen-bond donors (Lipinski definition) is 1. The number of nitrogens with zero attached hydrogens (tertiary/aromatic N) is 3. The molecule has 0 unspecified atom stereocenters. The third-order valence-electron chi connectivity index (χ3n) is 3.49. The van der Waals surface area contributed by atoms with E-state index in [-0.39, 0.29) is 5.91 Å². The van der Waals surface area contributed by atoms with Crippen LogP contribution >= 0.6 is 0 Å². The van der Waals surface area contributed by atoms with Gasteiger partial charge in [0.25, 0.3) is 5.91 Å². The fraction of sp³-hybridized carbons (Fsp3) is 0.353. The summed E-state index contributed by atoms with van der Waals surface area (Å²) in [5.74, 6) is 0.584. The molecule has 0 radical (unpaired) electrons. The topological polar surface area (TPSA) is 58.1 Å². The van der Waals surface area contributed by atoms with Crippen LogP contribution in [0.15, 0.2) is 36.7 Å². The smallest absolute Gasteiger partial charge is 0.271 e. The first kappa shape index (κ1) is 15.9. The summed E-state index contributed by atoms with van der Waals surface area (Å²) in [5, 5.41) is 2.86. The van der Waals surface area contributed by atoms with Crippen molar-refractivity contribution in [3.8, 4) is 0 Å². The lowest BCUT2D eigenvalue weighted by Gasteiger charge is -2.18. The van der Waals surface area contributed by atoms with Crippen LogP contribution in [0, 0.1) is 6.92 Å². The third kappa shape index (κ3) is 4.04. The lowest BCUT2D eigenvalue weighted by molar-refractivity contribution is 0.0945. The van der Waals surface area contributed by atoms with E-state index in [0.717, 1.165) is 24.5 Å². The number of hydrogen-bond acceptors (Lipinski definition) is 4. The van der Waals surface area contributed by atoms with Gasteiger partial charge in [-0.1, -0.05) is 29.8 Å². The highest BCUT2D eigenvalue weighted by molar-refractivity contribution is 5.91. The molecule has 0 aliphatic carbocycles. The Bertz CT molecular complexity index is 621. The van der Waals surface area contributed by atoms with E-state index in [0.29, 0.717) is 12.2 Å². The fourth-order valence-electron chi connectivity index (χ4n) is 2.24. The summed E-state index contributed by atoms with van der Waals surface area (Å²) in [7, 11) is 0. The molecule has 1 amide bonds. The van der Waals surface area contributed by atoms with Gasteiger partial charge in [0.15, 0.2) is 0 Å². The van der Waals surface area contributed by atoms with Crippen LogP contribution in [0.3, 0.4) is 0 Å². The van der Waals surface area contributed by atoms with Crippen molar-refractivity contribution >= 4 is 11.7 Å². The molecule has 0 bridgehead atoms. The van der Waals surface area contributed by atoms with Crippen molar-refractivity contribution in [2.45, 2.75) is 27.3 Å². The molecule has 1 aromatic carbocycles. The maximum Gasteiger partial charge on any atom is 0.271 e. The second kappa shape index (κ2) is 7.54. The maximum absolute atomic E-state index is 12.1. The Kier molecular flexibility index (Phi) is 5.47. The van der Waals surface area contributed by atoms with Gasteiger partial charge in [0.05, 0.1) is 12.4 Å². The summed E-state index contributed by atoms with van der Waals surface area (Å²) in [6.45, 7) is 8.37. The third-order valence-corrected chi connectivity index (χ3v) is 3.49. The van der Waals surface area contributed by atoms with E-state index in [9.17, 15) is 4.79 Å². The summed E-state index contributed by atoms with van der Waals surface area (Å²) in [5.41, 5.74) is 2.58. The van der Waals surface area contributed by atoms with Crippen LogP contribution in [0.2, 0.25) is 0 Å². The number of benzene rings is 1. The first-order valence-electron chi connectivity index (χ1n) is 7.54. The average molecular weight is 298 g/mol. The molecule has 0 aliphatic heterocycles. The summed E-state index contributed by atoms with van der Waals surface area (Å²) in [4.78, 5) is 22.7. The van der Waals surface area contributed by atoms with Gasteiger partial charge in [-0.25, -0.2) is 9.97 Å². The maximum atomic E-state index is 12.1. The molecule has 116 valence electrons. The predicted molar refractivity (Wildman–Crippen MR) is 87.9 cm³/mol. The quantitative estimate of drug-likeness (QED) is 0.890. The molecule has 2 rings (SSSR count). The molecule has 0 fully saturated rings. The van der Waals surface area contributed by atoms with Crippen molar-refractivity contribution in [3.05, 3.63) is 53.5 Å². The van der Waals surface area contributed by atoms with Gasteiger partial charge in [-0.2, -0.15) is 0 Å². The number of amides is 1. The molecule has 1 N–H and O–H groups in total. The van der Waals surface area contributed by atoms with Crippen molar-refractivity contribution in [2.24, 2.45) is 0 Å². The monoisotopic (exact) mass is 298 g/mol. The number of anilines is 1. The molecule has 5 nitrogen and oxygen atoms in total. The lowest BCUT2D eigenvalue weighted by atomic mass is 10.1. The van der Waals surface area contributed by atoms with Gasteiger partial charge in [-0.15, -0.1) is 0 Å². The molecule has 0 saturated heterocycles. The van der Waals surface area contributed by atoms with Crippen molar-refractivity contribution in [1.29, 1.82) is 0 Å². The molecule has 1 aromatic heterocycles. The molecule has 0 spiro atoms. The van der Waals surface area contributed by atoms with E-state index < -0.39 is 0 Å². The van der Waals surface area contributed by atoms with Crippen molar-refractivity contribution in [3.63, 3.8) is 0 Å².